The topological polar surface area (TPSA) is 0 Å². The fourth-order valence-electron chi connectivity index (χ4n) is 3.88. The molecule has 0 spiro atoms. The lowest BCUT2D eigenvalue weighted by atomic mass is 9.92. The van der Waals surface area contributed by atoms with Crippen LogP contribution in [0.15, 0.2) is 58.6 Å². The van der Waals surface area contributed by atoms with Crippen LogP contribution in [0.25, 0.3) is 6.08 Å². The Kier molecular flexibility index (Phi) is 3.41. The Labute approximate surface area is 141 Å². The third kappa shape index (κ3) is 2.53. The van der Waals surface area contributed by atoms with Crippen LogP contribution < -0.4 is 0 Å². The first-order valence-corrected chi connectivity index (χ1v) is 8.37. The summed E-state index contributed by atoms with van der Waals surface area (Å²) in [6.45, 7) is 0. The highest BCUT2D eigenvalue weighted by Crippen LogP contribution is 2.65. The van der Waals surface area contributed by atoms with Crippen molar-refractivity contribution >= 4 is 22.0 Å². The van der Waals surface area contributed by atoms with Crippen molar-refractivity contribution in [2.45, 2.75) is 18.5 Å². The van der Waals surface area contributed by atoms with Gasteiger partial charge in [0.1, 0.15) is 0 Å². The van der Waals surface area contributed by atoms with Crippen molar-refractivity contribution in [2.24, 2.45) is 11.8 Å². The Balaban J connectivity index is 1.74. The molecule has 2 aliphatic carbocycles. The lowest BCUT2D eigenvalue weighted by Gasteiger charge is -2.18. The molecule has 0 nitrogen and oxygen atoms in total. The zero-order valence-electron chi connectivity index (χ0n) is 12.1. The normalized spacial score (nSPS) is 25.4. The molecule has 118 valence electrons. The monoisotopic (exact) mass is 378 g/mol. The average Bonchev–Trinajstić information content (AvgIpc) is 3.21. The minimum absolute atomic E-state index is 0.0238. The van der Waals surface area contributed by atoms with E-state index in [4.69, 9.17) is 0 Å². The van der Waals surface area contributed by atoms with Crippen LogP contribution in [-0.4, -0.2) is 6.18 Å². The van der Waals surface area contributed by atoms with Crippen LogP contribution in [0.3, 0.4) is 0 Å². The van der Waals surface area contributed by atoms with Crippen LogP contribution >= 0.6 is 15.9 Å². The molecular formula is C19H14BrF3. The van der Waals surface area contributed by atoms with Crippen LogP contribution in [0.4, 0.5) is 13.2 Å². The second-order valence-electron chi connectivity index (χ2n) is 6.25. The van der Waals surface area contributed by atoms with E-state index in [1.807, 2.05) is 42.5 Å². The molecule has 1 saturated carbocycles. The molecule has 2 aliphatic rings. The molecule has 2 aromatic carbocycles. The summed E-state index contributed by atoms with van der Waals surface area (Å²) in [6.07, 6.45) is -2.23. The minimum Gasteiger partial charge on any atom is -0.166 e. The summed E-state index contributed by atoms with van der Waals surface area (Å²) in [5.74, 6) is -0.401. The number of fused-ring (bicyclic) bond motifs is 3. The predicted molar refractivity (Wildman–Crippen MR) is 88.0 cm³/mol. The van der Waals surface area contributed by atoms with E-state index in [2.05, 4.69) is 15.9 Å². The summed E-state index contributed by atoms with van der Waals surface area (Å²) >= 11 is 3.40. The van der Waals surface area contributed by atoms with Gasteiger partial charge in [-0.3, -0.25) is 0 Å². The molecular weight excluding hydrogens is 365 g/mol. The molecule has 4 rings (SSSR count). The molecule has 1 fully saturated rings. The Hall–Kier alpha value is -1.55. The van der Waals surface area contributed by atoms with Crippen LogP contribution in [-0.2, 0) is 6.42 Å². The van der Waals surface area contributed by atoms with Crippen LogP contribution in [0, 0.1) is 11.8 Å². The molecule has 3 atom stereocenters. The smallest absolute Gasteiger partial charge is 0.166 e. The van der Waals surface area contributed by atoms with Crippen LogP contribution in [0.1, 0.15) is 22.6 Å². The first kappa shape index (κ1) is 15.0. The molecule has 2 aromatic rings. The lowest BCUT2D eigenvalue weighted by Crippen LogP contribution is -2.16. The van der Waals surface area contributed by atoms with Crippen molar-refractivity contribution < 1.29 is 13.2 Å². The summed E-state index contributed by atoms with van der Waals surface area (Å²) in [4.78, 5) is 0. The molecule has 0 aromatic heterocycles. The maximum absolute atomic E-state index is 13.5. The van der Waals surface area contributed by atoms with Gasteiger partial charge in [0.2, 0.25) is 0 Å². The van der Waals surface area contributed by atoms with Gasteiger partial charge in [-0.05, 0) is 53.0 Å². The van der Waals surface area contributed by atoms with Gasteiger partial charge in [-0.25, -0.2) is 0 Å². The minimum atomic E-state index is -4.26. The predicted octanol–water partition coefficient (Wildman–Crippen LogP) is 5.98. The third-order valence-corrected chi connectivity index (χ3v) is 5.61. The largest absolute Gasteiger partial charge is 0.413 e. The number of rotatable bonds is 2. The van der Waals surface area contributed by atoms with Gasteiger partial charge in [0.05, 0.1) is 0 Å². The highest BCUT2D eigenvalue weighted by atomic mass is 79.9. The molecule has 0 saturated heterocycles. The number of hydrogen-bond acceptors (Lipinski definition) is 0. The van der Waals surface area contributed by atoms with Gasteiger partial charge in [0.25, 0.3) is 0 Å². The number of halogens is 4. The molecule has 0 aliphatic heterocycles. The maximum atomic E-state index is 13.5. The van der Waals surface area contributed by atoms with Gasteiger partial charge in [-0.2, -0.15) is 13.2 Å². The number of allylic oxidation sites excluding steroid dienone is 1. The fourth-order valence-corrected chi connectivity index (χ4v) is 4.38. The van der Waals surface area contributed by atoms with E-state index in [-0.39, 0.29) is 17.4 Å². The molecule has 0 N–H and O–H groups in total. The Morgan fingerprint density at radius 1 is 0.913 bits per heavy atom. The van der Waals surface area contributed by atoms with Gasteiger partial charge in [0.15, 0.2) is 0 Å². The van der Waals surface area contributed by atoms with Gasteiger partial charge in [-0.1, -0.05) is 58.4 Å². The molecule has 3 unspecified atom stereocenters. The summed E-state index contributed by atoms with van der Waals surface area (Å²) in [7, 11) is 0. The van der Waals surface area contributed by atoms with E-state index >= 15 is 0 Å². The summed E-state index contributed by atoms with van der Waals surface area (Å²) in [6, 6.07) is 15.5. The maximum Gasteiger partial charge on any atom is 0.413 e. The first-order chi connectivity index (χ1) is 11.0. The quantitative estimate of drug-likeness (QED) is 0.602. The van der Waals surface area contributed by atoms with Gasteiger partial charge in [0, 0.05) is 10.0 Å². The van der Waals surface area contributed by atoms with Gasteiger partial charge >= 0.3 is 6.18 Å². The number of benzene rings is 2. The second kappa shape index (κ2) is 5.23. The van der Waals surface area contributed by atoms with E-state index in [0.717, 1.165) is 15.6 Å². The van der Waals surface area contributed by atoms with E-state index in [0.29, 0.717) is 12.0 Å². The summed E-state index contributed by atoms with van der Waals surface area (Å²) < 4.78 is 41.2. The number of hydrogen-bond donors (Lipinski definition) is 0. The zero-order chi connectivity index (χ0) is 16.2. The zero-order valence-corrected chi connectivity index (χ0v) is 13.7. The summed E-state index contributed by atoms with van der Waals surface area (Å²) in [5, 5.41) is 0. The standard InChI is InChI=1S/C19H14BrF3/c20-16-8-4-7-12-13(16)10-15(19(21,22)23)18-14(17(12)18)9-11-5-2-1-3-6-11/h1-8,10,14,17-18H,9H2. The second-order valence-corrected chi connectivity index (χ2v) is 7.10. The first-order valence-electron chi connectivity index (χ1n) is 7.58. The molecule has 0 amide bonds. The molecule has 0 heterocycles. The highest BCUT2D eigenvalue weighted by molar-refractivity contribution is 9.10. The van der Waals surface area contributed by atoms with Crippen LogP contribution in [0.2, 0.25) is 0 Å². The van der Waals surface area contributed by atoms with E-state index < -0.39 is 12.1 Å². The molecule has 0 bridgehead atoms. The van der Waals surface area contributed by atoms with Crippen molar-refractivity contribution in [1.82, 2.24) is 0 Å². The average molecular weight is 379 g/mol. The van der Waals surface area contributed by atoms with Crippen molar-refractivity contribution in [3.05, 3.63) is 75.3 Å². The van der Waals surface area contributed by atoms with E-state index in [1.165, 1.54) is 6.08 Å². The Bertz CT molecular complexity index is 777. The Morgan fingerprint density at radius 2 is 1.65 bits per heavy atom. The van der Waals surface area contributed by atoms with E-state index in [1.54, 1.807) is 6.07 Å². The molecule has 4 heteroatoms. The van der Waals surface area contributed by atoms with E-state index in [9.17, 15) is 13.2 Å². The highest BCUT2D eigenvalue weighted by Gasteiger charge is 2.60. The van der Waals surface area contributed by atoms with Crippen molar-refractivity contribution in [1.29, 1.82) is 0 Å². The molecule has 0 radical (unpaired) electrons. The molecule has 23 heavy (non-hydrogen) atoms. The Morgan fingerprint density at radius 3 is 2.35 bits per heavy atom. The number of alkyl halides is 3. The van der Waals surface area contributed by atoms with Crippen molar-refractivity contribution in [3.8, 4) is 0 Å². The van der Waals surface area contributed by atoms with Gasteiger partial charge < -0.3 is 0 Å². The lowest BCUT2D eigenvalue weighted by molar-refractivity contribution is -0.0952. The third-order valence-electron chi connectivity index (χ3n) is 4.91. The SMILES string of the molecule is FC(F)(F)C1=Cc2c(Br)cccc2C2C(Cc3ccccc3)C12. The fraction of sp³-hybridized carbons (Fsp3) is 0.263. The van der Waals surface area contributed by atoms with Gasteiger partial charge in [-0.15, -0.1) is 0 Å². The van der Waals surface area contributed by atoms with Crippen molar-refractivity contribution in [3.63, 3.8) is 0 Å². The van der Waals surface area contributed by atoms with Crippen LogP contribution in [0.5, 0.6) is 0 Å². The van der Waals surface area contributed by atoms with Crippen molar-refractivity contribution in [2.75, 3.05) is 0 Å². The summed E-state index contributed by atoms with van der Waals surface area (Å²) in [5.41, 5.74) is 2.46.